The maximum Gasteiger partial charge on any atom is 0.205 e. The van der Waals surface area contributed by atoms with Crippen LogP contribution in [0.5, 0.6) is 0 Å². The van der Waals surface area contributed by atoms with Crippen molar-refractivity contribution in [1.82, 2.24) is 0 Å². The van der Waals surface area contributed by atoms with E-state index in [2.05, 4.69) is 0 Å². The molecule has 1 atom stereocenters. The molecule has 0 aromatic carbocycles. The zero-order chi connectivity index (χ0) is 14.2. The van der Waals surface area contributed by atoms with Gasteiger partial charge < -0.3 is 14.9 Å². The summed E-state index contributed by atoms with van der Waals surface area (Å²) in [5.74, 6) is 0.886. The average molecular weight is 258 g/mol. The molecule has 5 nitrogen and oxygen atoms in total. The summed E-state index contributed by atoms with van der Waals surface area (Å²) in [6.07, 6.45) is 0. The van der Waals surface area contributed by atoms with Crippen molar-refractivity contribution in [2.45, 2.75) is 26.7 Å². The standard InChI is InChI=1S/C14H14N2O3/c1-7-4-5-11(18-7)13-10(6-15)14(16)19-9(3)12(13)8(2)17/h4-5,13H,16H2,1-3H3. The zero-order valence-electron chi connectivity index (χ0n) is 11.0. The molecule has 1 unspecified atom stereocenters. The van der Waals surface area contributed by atoms with Gasteiger partial charge in [-0.15, -0.1) is 0 Å². The summed E-state index contributed by atoms with van der Waals surface area (Å²) >= 11 is 0. The first-order valence-electron chi connectivity index (χ1n) is 5.81. The number of rotatable bonds is 2. The molecule has 2 rings (SSSR count). The molecule has 0 spiro atoms. The van der Waals surface area contributed by atoms with Gasteiger partial charge in [-0.05, 0) is 32.9 Å². The summed E-state index contributed by atoms with van der Waals surface area (Å²) in [6, 6.07) is 5.52. The van der Waals surface area contributed by atoms with Gasteiger partial charge in [0.05, 0.1) is 5.92 Å². The molecule has 2 N–H and O–H groups in total. The molecule has 98 valence electrons. The minimum absolute atomic E-state index is 0.0176. The Morgan fingerprint density at radius 1 is 1.42 bits per heavy atom. The molecule has 1 aromatic heterocycles. The van der Waals surface area contributed by atoms with E-state index in [1.807, 2.05) is 6.07 Å². The lowest BCUT2D eigenvalue weighted by Crippen LogP contribution is -2.23. The van der Waals surface area contributed by atoms with Crippen LogP contribution in [-0.4, -0.2) is 5.78 Å². The highest BCUT2D eigenvalue weighted by Gasteiger charge is 2.35. The summed E-state index contributed by atoms with van der Waals surface area (Å²) in [5, 5.41) is 9.24. The summed E-state index contributed by atoms with van der Waals surface area (Å²) in [7, 11) is 0. The molecule has 0 fully saturated rings. The highest BCUT2D eigenvalue weighted by atomic mass is 16.5. The van der Waals surface area contributed by atoms with Crippen molar-refractivity contribution in [2.75, 3.05) is 0 Å². The number of ether oxygens (including phenoxy) is 1. The van der Waals surface area contributed by atoms with Crippen LogP contribution >= 0.6 is 0 Å². The van der Waals surface area contributed by atoms with Crippen molar-refractivity contribution in [3.8, 4) is 6.07 Å². The lowest BCUT2D eigenvalue weighted by molar-refractivity contribution is -0.114. The molecule has 2 heterocycles. The zero-order valence-corrected chi connectivity index (χ0v) is 11.0. The number of nitrogens with two attached hydrogens (primary N) is 1. The van der Waals surface area contributed by atoms with Crippen LogP contribution in [0.15, 0.2) is 39.3 Å². The Kier molecular flexibility index (Phi) is 3.17. The van der Waals surface area contributed by atoms with Crippen LogP contribution in [0.1, 0.15) is 31.3 Å². The number of hydrogen-bond acceptors (Lipinski definition) is 5. The first kappa shape index (κ1) is 13.0. The Bertz CT molecular complexity index is 644. The highest BCUT2D eigenvalue weighted by molar-refractivity contribution is 5.96. The van der Waals surface area contributed by atoms with Crippen LogP contribution in [0.4, 0.5) is 0 Å². The Balaban J connectivity index is 2.64. The van der Waals surface area contributed by atoms with Gasteiger partial charge in [-0.25, -0.2) is 0 Å². The number of carbonyl (C=O) groups excluding carboxylic acids is 1. The molecule has 0 amide bonds. The molecule has 0 saturated carbocycles. The van der Waals surface area contributed by atoms with Crippen molar-refractivity contribution in [1.29, 1.82) is 5.26 Å². The van der Waals surface area contributed by atoms with Gasteiger partial charge in [-0.2, -0.15) is 5.26 Å². The SMILES string of the molecule is CC(=O)C1=C(C)OC(N)=C(C#N)C1c1ccc(C)o1. The van der Waals surface area contributed by atoms with Gasteiger partial charge in [0, 0.05) is 5.57 Å². The van der Waals surface area contributed by atoms with Gasteiger partial charge in [-0.3, -0.25) is 4.79 Å². The monoisotopic (exact) mass is 258 g/mol. The van der Waals surface area contributed by atoms with E-state index in [0.29, 0.717) is 22.9 Å². The third-order valence-corrected chi connectivity index (χ3v) is 3.03. The fraction of sp³-hybridized carbons (Fsp3) is 0.286. The van der Waals surface area contributed by atoms with Crippen LogP contribution in [-0.2, 0) is 9.53 Å². The summed E-state index contributed by atoms with van der Waals surface area (Å²) in [4.78, 5) is 11.8. The molecule has 1 aliphatic rings. The molecule has 1 aromatic rings. The third kappa shape index (κ3) is 2.13. The average Bonchev–Trinajstić information content (AvgIpc) is 2.74. The number of aryl methyl sites for hydroxylation is 1. The lowest BCUT2D eigenvalue weighted by Gasteiger charge is -2.24. The maximum absolute atomic E-state index is 11.8. The maximum atomic E-state index is 11.8. The Morgan fingerprint density at radius 2 is 2.11 bits per heavy atom. The topological polar surface area (TPSA) is 89.2 Å². The molecule has 0 aliphatic carbocycles. The van der Waals surface area contributed by atoms with Crippen LogP contribution < -0.4 is 5.73 Å². The second-order valence-electron chi connectivity index (χ2n) is 4.40. The normalized spacial score (nSPS) is 19.2. The number of carbonyl (C=O) groups is 1. The molecular formula is C14H14N2O3. The van der Waals surface area contributed by atoms with E-state index in [-0.39, 0.29) is 17.2 Å². The van der Waals surface area contributed by atoms with Crippen LogP contribution in [0.2, 0.25) is 0 Å². The van der Waals surface area contributed by atoms with E-state index in [1.54, 1.807) is 26.0 Å². The van der Waals surface area contributed by atoms with Gasteiger partial charge in [0.1, 0.15) is 28.9 Å². The molecule has 0 saturated heterocycles. The van der Waals surface area contributed by atoms with Gasteiger partial charge in [0.15, 0.2) is 5.78 Å². The molecule has 0 radical (unpaired) electrons. The first-order valence-corrected chi connectivity index (χ1v) is 5.81. The molecule has 0 bridgehead atoms. The summed E-state index contributed by atoms with van der Waals surface area (Å²) in [5.41, 5.74) is 6.33. The number of furan rings is 1. The molecule has 1 aliphatic heterocycles. The Morgan fingerprint density at radius 3 is 2.58 bits per heavy atom. The van der Waals surface area contributed by atoms with Crippen molar-refractivity contribution in [3.63, 3.8) is 0 Å². The lowest BCUT2D eigenvalue weighted by atomic mass is 9.85. The number of nitriles is 1. The summed E-state index contributed by atoms with van der Waals surface area (Å²) < 4.78 is 10.8. The number of hydrogen-bond donors (Lipinski definition) is 1. The second-order valence-corrected chi connectivity index (χ2v) is 4.40. The second kappa shape index (κ2) is 4.65. The minimum Gasteiger partial charge on any atom is -0.465 e. The number of nitrogens with zero attached hydrogens (tertiary/aromatic N) is 1. The Labute approximate surface area is 110 Å². The quantitative estimate of drug-likeness (QED) is 0.878. The van der Waals surface area contributed by atoms with Gasteiger partial charge in [0.2, 0.25) is 5.88 Å². The van der Waals surface area contributed by atoms with Crippen molar-refractivity contribution >= 4 is 5.78 Å². The predicted molar refractivity (Wildman–Crippen MR) is 67.5 cm³/mol. The largest absolute Gasteiger partial charge is 0.465 e. The first-order chi connectivity index (χ1) is 8.95. The van der Waals surface area contributed by atoms with E-state index in [9.17, 15) is 10.1 Å². The van der Waals surface area contributed by atoms with Gasteiger partial charge in [0.25, 0.3) is 0 Å². The molecular weight excluding hydrogens is 244 g/mol. The van der Waals surface area contributed by atoms with Crippen molar-refractivity contribution in [3.05, 3.63) is 46.4 Å². The third-order valence-electron chi connectivity index (χ3n) is 3.03. The molecule has 5 heteroatoms. The van der Waals surface area contributed by atoms with Crippen LogP contribution in [0.25, 0.3) is 0 Å². The number of ketones is 1. The Hall–Kier alpha value is -2.48. The van der Waals surface area contributed by atoms with Gasteiger partial charge >= 0.3 is 0 Å². The van der Waals surface area contributed by atoms with E-state index in [1.165, 1.54) is 6.92 Å². The van der Waals surface area contributed by atoms with Crippen LogP contribution in [0, 0.1) is 18.3 Å². The van der Waals surface area contributed by atoms with E-state index >= 15 is 0 Å². The minimum atomic E-state index is -0.593. The van der Waals surface area contributed by atoms with Crippen LogP contribution in [0.3, 0.4) is 0 Å². The fourth-order valence-corrected chi connectivity index (χ4v) is 2.23. The predicted octanol–water partition coefficient (Wildman–Crippen LogP) is 2.26. The van der Waals surface area contributed by atoms with Gasteiger partial charge in [-0.1, -0.05) is 0 Å². The van der Waals surface area contributed by atoms with E-state index in [0.717, 1.165) is 0 Å². The van der Waals surface area contributed by atoms with Crippen molar-refractivity contribution in [2.24, 2.45) is 5.73 Å². The number of allylic oxidation sites excluding steroid dienone is 3. The van der Waals surface area contributed by atoms with Crippen molar-refractivity contribution < 1.29 is 13.9 Å². The summed E-state index contributed by atoms with van der Waals surface area (Å²) in [6.45, 7) is 4.88. The number of Topliss-reactive ketones (excluding diaryl/α,β-unsaturated/α-hetero) is 1. The molecule has 19 heavy (non-hydrogen) atoms. The smallest absolute Gasteiger partial charge is 0.205 e. The highest BCUT2D eigenvalue weighted by Crippen LogP contribution is 2.39. The van der Waals surface area contributed by atoms with E-state index in [4.69, 9.17) is 14.9 Å². The van der Waals surface area contributed by atoms with E-state index < -0.39 is 5.92 Å². The fourth-order valence-electron chi connectivity index (χ4n) is 2.23.